The normalized spacial score (nSPS) is 8.54. The number of carbonyl (C=O) groups excluding carboxylic acids is 1. The van der Waals surface area contributed by atoms with E-state index in [1.54, 1.807) is 18.7 Å². The SMILES string of the molecule is CC(=O)CSCCNN.CC(=O)O. The number of nitrogens with two attached hydrogens (primary N) is 1. The number of Topliss-reactive ketones (excluding diaryl/α,β-unsaturated/α-hetero) is 1. The number of carboxylic acid groups (broad SMARTS) is 1. The van der Waals surface area contributed by atoms with Gasteiger partial charge in [-0.05, 0) is 6.92 Å². The van der Waals surface area contributed by atoms with Gasteiger partial charge in [-0.3, -0.25) is 20.9 Å². The summed E-state index contributed by atoms with van der Waals surface area (Å²) in [4.78, 5) is 19.3. The molecule has 0 aliphatic rings. The van der Waals surface area contributed by atoms with E-state index >= 15 is 0 Å². The second kappa shape index (κ2) is 11.4. The third kappa shape index (κ3) is 34.5. The van der Waals surface area contributed by atoms with Crippen molar-refractivity contribution in [3.63, 3.8) is 0 Å². The highest BCUT2D eigenvalue weighted by atomic mass is 32.2. The summed E-state index contributed by atoms with van der Waals surface area (Å²) in [7, 11) is 0. The van der Waals surface area contributed by atoms with Gasteiger partial charge in [0.15, 0.2) is 0 Å². The van der Waals surface area contributed by atoms with Gasteiger partial charge >= 0.3 is 0 Å². The Hall–Kier alpha value is -0.590. The van der Waals surface area contributed by atoms with E-state index in [2.05, 4.69) is 5.43 Å². The lowest BCUT2D eigenvalue weighted by atomic mass is 10.5. The Morgan fingerprint density at radius 1 is 1.46 bits per heavy atom. The minimum atomic E-state index is -0.833. The molecule has 0 saturated carbocycles. The minimum absolute atomic E-state index is 0.219. The molecule has 4 N–H and O–H groups in total. The van der Waals surface area contributed by atoms with E-state index in [1.807, 2.05) is 0 Å². The van der Waals surface area contributed by atoms with E-state index in [-0.39, 0.29) is 5.78 Å². The molecule has 0 rings (SSSR count). The van der Waals surface area contributed by atoms with Gasteiger partial charge in [-0.1, -0.05) is 0 Å². The average molecular weight is 208 g/mol. The number of thioether (sulfide) groups is 1. The van der Waals surface area contributed by atoms with Gasteiger partial charge in [0.1, 0.15) is 5.78 Å². The second-order valence-corrected chi connectivity index (χ2v) is 3.33. The molecule has 0 saturated heterocycles. The van der Waals surface area contributed by atoms with Crippen LogP contribution in [0.3, 0.4) is 0 Å². The number of hydrogen-bond acceptors (Lipinski definition) is 5. The first-order valence-corrected chi connectivity index (χ1v) is 4.86. The van der Waals surface area contributed by atoms with E-state index in [9.17, 15) is 4.79 Å². The summed E-state index contributed by atoms with van der Waals surface area (Å²) in [5.74, 6) is 5.88. The number of carbonyl (C=O) groups is 2. The van der Waals surface area contributed by atoms with Gasteiger partial charge in [-0.25, -0.2) is 0 Å². The van der Waals surface area contributed by atoms with Crippen molar-refractivity contribution >= 4 is 23.5 Å². The van der Waals surface area contributed by atoms with Crippen LogP contribution < -0.4 is 11.3 Å². The molecule has 0 aromatic rings. The Morgan fingerprint density at radius 2 is 1.92 bits per heavy atom. The smallest absolute Gasteiger partial charge is 0.300 e. The molecule has 6 heteroatoms. The van der Waals surface area contributed by atoms with Gasteiger partial charge in [-0.2, -0.15) is 11.8 Å². The van der Waals surface area contributed by atoms with Crippen LogP contribution in [-0.2, 0) is 9.59 Å². The minimum Gasteiger partial charge on any atom is -0.481 e. The van der Waals surface area contributed by atoms with Crippen molar-refractivity contribution in [3.8, 4) is 0 Å². The Balaban J connectivity index is 0. The fraction of sp³-hybridized carbons (Fsp3) is 0.714. The molecule has 78 valence electrons. The Kier molecular flexibility index (Phi) is 13.1. The Morgan fingerprint density at radius 3 is 2.23 bits per heavy atom. The first-order valence-electron chi connectivity index (χ1n) is 3.70. The highest BCUT2D eigenvalue weighted by molar-refractivity contribution is 7.99. The molecule has 5 nitrogen and oxygen atoms in total. The topological polar surface area (TPSA) is 92.4 Å². The second-order valence-electron chi connectivity index (χ2n) is 2.23. The molecule has 0 aliphatic carbocycles. The molecular formula is C7H16N2O3S. The zero-order valence-corrected chi connectivity index (χ0v) is 8.69. The monoisotopic (exact) mass is 208 g/mol. The number of hydrazine groups is 1. The average Bonchev–Trinajstić information content (AvgIpc) is 1.97. The van der Waals surface area contributed by atoms with Crippen LogP contribution in [0, 0.1) is 0 Å². The lowest BCUT2D eigenvalue weighted by molar-refractivity contribution is -0.134. The number of rotatable bonds is 5. The van der Waals surface area contributed by atoms with Crippen molar-refractivity contribution in [2.24, 2.45) is 5.84 Å². The van der Waals surface area contributed by atoms with Gasteiger partial charge in [0.2, 0.25) is 0 Å². The molecule has 0 amide bonds. The summed E-state index contributed by atoms with van der Waals surface area (Å²) in [6.07, 6.45) is 0. The molecular weight excluding hydrogens is 192 g/mol. The summed E-state index contributed by atoms with van der Waals surface area (Å²) in [6, 6.07) is 0. The quantitative estimate of drug-likeness (QED) is 0.331. The van der Waals surface area contributed by atoms with Crippen LogP contribution in [0.15, 0.2) is 0 Å². The predicted molar refractivity (Wildman–Crippen MR) is 53.5 cm³/mol. The molecule has 0 unspecified atom stereocenters. The Labute approximate surface area is 82.0 Å². The first-order chi connectivity index (χ1) is 6.00. The zero-order valence-electron chi connectivity index (χ0n) is 7.87. The van der Waals surface area contributed by atoms with Gasteiger partial charge < -0.3 is 5.11 Å². The van der Waals surface area contributed by atoms with Crippen molar-refractivity contribution < 1.29 is 14.7 Å². The van der Waals surface area contributed by atoms with Crippen LogP contribution in [0.5, 0.6) is 0 Å². The highest BCUT2D eigenvalue weighted by Gasteiger charge is 1.91. The number of nitrogens with one attached hydrogen (secondary N) is 1. The maximum Gasteiger partial charge on any atom is 0.300 e. The Bertz CT molecular complexity index is 149. The van der Waals surface area contributed by atoms with Crippen LogP contribution in [0.4, 0.5) is 0 Å². The molecule has 0 bridgehead atoms. The number of aliphatic carboxylic acids is 1. The molecule has 0 heterocycles. The van der Waals surface area contributed by atoms with Crippen LogP contribution in [0.2, 0.25) is 0 Å². The first kappa shape index (κ1) is 14.9. The van der Waals surface area contributed by atoms with Crippen molar-refractivity contribution in [2.75, 3.05) is 18.1 Å². The maximum absolute atomic E-state index is 10.3. The molecule has 0 fully saturated rings. The maximum atomic E-state index is 10.3. The van der Waals surface area contributed by atoms with Crippen LogP contribution in [0.1, 0.15) is 13.8 Å². The number of hydrogen-bond donors (Lipinski definition) is 3. The standard InChI is InChI=1S/C5H12N2OS.C2H4O2/c1-5(8)4-9-3-2-7-6;1-2(3)4/h7H,2-4,6H2,1H3;1H3,(H,3,4). The van der Waals surface area contributed by atoms with Gasteiger partial charge in [0.05, 0.1) is 5.75 Å². The number of carboxylic acids is 1. The summed E-state index contributed by atoms with van der Waals surface area (Å²) in [5, 5.41) is 7.42. The summed E-state index contributed by atoms with van der Waals surface area (Å²) < 4.78 is 0. The van der Waals surface area contributed by atoms with Gasteiger partial charge in [-0.15, -0.1) is 0 Å². The molecule has 0 radical (unpaired) electrons. The molecule has 0 spiro atoms. The molecule has 0 aliphatic heterocycles. The fourth-order valence-corrected chi connectivity index (χ4v) is 1.04. The van der Waals surface area contributed by atoms with E-state index < -0.39 is 5.97 Å². The third-order valence-electron chi connectivity index (χ3n) is 0.696. The van der Waals surface area contributed by atoms with E-state index in [0.29, 0.717) is 5.75 Å². The fourth-order valence-electron chi connectivity index (χ4n) is 0.347. The predicted octanol–water partition coefficient (Wildman–Crippen LogP) is -0.137. The molecule has 0 aromatic heterocycles. The number of ketones is 1. The van der Waals surface area contributed by atoms with Gasteiger partial charge in [0.25, 0.3) is 5.97 Å². The van der Waals surface area contributed by atoms with E-state index in [0.717, 1.165) is 19.2 Å². The largest absolute Gasteiger partial charge is 0.481 e. The molecule has 0 aromatic carbocycles. The summed E-state index contributed by atoms with van der Waals surface area (Å²) >= 11 is 1.59. The molecule has 13 heavy (non-hydrogen) atoms. The van der Waals surface area contributed by atoms with Crippen LogP contribution in [0.25, 0.3) is 0 Å². The van der Waals surface area contributed by atoms with Crippen LogP contribution >= 0.6 is 11.8 Å². The van der Waals surface area contributed by atoms with E-state index in [4.69, 9.17) is 15.7 Å². The van der Waals surface area contributed by atoms with Crippen molar-refractivity contribution in [3.05, 3.63) is 0 Å². The van der Waals surface area contributed by atoms with Crippen molar-refractivity contribution in [2.45, 2.75) is 13.8 Å². The third-order valence-corrected chi connectivity index (χ3v) is 1.80. The zero-order chi connectivity index (χ0) is 10.7. The van der Waals surface area contributed by atoms with Crippen molar-refractivity contribution in [1.82, 2.24) is 5.43 Å². The summed E-state index contributed by atoms with van der Waals surface area (Å²) in [5.41, 5.74) is 2.51. The van der Waals surface area contributed by atoms with E-state index in [1.165, 1.54) is 0 Å². The summed E-state index contributed by atoms with van der Waals surface area (Å²) in [6.45, 7) is 3.43. The van der Waals surface area contributed by atoms with Gasteiger partial charge in [0, 0.05) is 19.2 Å². The molecule has 0 atom stereocenters. The lowest BCUT2D eigenvalue weighted by Crippen LogP contribution is -2.24. The van der Waals surface area contributed by atoms with Crippen molar-refractivity contribution in [1.29, 1.82) is 0 Å². The lowest BCUT2D eigenvalue weighted by Gasteiger charge is -1.95. The van der Waals surface area contributed by atoms with Crippen LogP contribution in [-0.4, -0.2) is 34.9 Å². The highest BCUT2D eigenvalue weighted by Crippen LogP contribution is 1.96.